The van der Waals surface area contributed by atoms with Crippen LogP contribution in [0.2, 0.25) is 5.02 Å². The lowest BCUT2D eigenvalue weighted by Gasteiger charge is -2.21. The molecular weight excluding hydrogens is 454 g/mol. The molecule has 0 spiro atoms. The van der Waals surface area contributed by atoms with Gasteiger partial charge in [-0.05, 0) is 64.8 Å². The zero-order valence-corrected chi connectivity index (χ0v) is 21.2. The molecule has 1 fully saturated rings. The van der Waals surface area contributed by atoms with E-state index in [1.165, 1.54) is 12.0 Å². The molecule has 8 nitrogen and oxygen atoms in total. The molecule has 1 N–H and O–H groups in total. The molecule has 4 rings (SSSR count). The molecule has 1 aliphatic rings. The number of amides is 2. The molecule has 3 aromatic rings. The van der Waals surface area contributed by atoms with E-state index in [1.54, 1.807) is 25.2 Å². The summed E-state index contributed by atoms with van der Waals surface area (Å²) in [4.78, 5) is 32.6. The lowest BCUT2D eigenvalue weighted by Crippen LogP contribution is -2.35. The van der Waals surface area contributed by atoms with E-state index >= 15 is 0 Å². The molecule has 0 saturated heterocycles. The number of hydrogen-bond donors (Lipinski definition) is 1. The van der Waals surface area contributed by atoms with Gasteiger partial charge in [-0.1, -0.05) is 11.6 Å². The first-order chi connectivity index (χ1) is 16.0. The number of fused-ring (bicyclic) bond motifs is 1. The first-order valence-corrected chi connectivity index (χ1v) is 11.7. The van der Waals surface area contributed by atoms with E-state index in [0.29, 0.717) is 33.6 Å². The van der Waals surface area contributed by atoms with E-state index in [9.17, 15) is 9.59 Å². The maximum atomic E-state index is 13.6. The van der Waals surface area contributed by atoms with Gasteiger partial charge in [-0.2, -0.15) is 5.10 Å². The number of ether oxygens (including phenoxy) is 1. The standard InChI is InChI=1S/C25H30ClN5O3/c1-14-22-17(12-18(15-7-8-15)28-23(22)31(29-14)25(2,3)4)24(33)30(5)13-21(32)27-19-11-16(26)9-10-20(19)34-6/h9-12,15H,7-8,13H2,1-6H3,(H,27,32). The predicted octanol–water partition coefficient (Wildman–Crippen LogP) is 4.74. The minimum absolute atomic E-state index is 0.135. The van der Waals surface area contributed by atoms with Gasteiger partial charge in [-0.25, -0.2) is 9.67 Å². The zero-order valence-electron chi connectivity index (χ0n) is 20.4. The molecule has 0 aliphatic heterocycles. The third-order valence-corrected chi connectivity index (χ3v) is 6.09. The van der Waals surface area contributed by atoms with Crippen molar-refractivity contribution < 1.29 is 14.3 Å². The number of aromatic nitrogens is 3. The smallest absolute Gasteiger partial charge is 0.254 e. The van der Waals surface area contributed by atoms with E-state index in [0.717, 1.165) is 29.6 Å². The number of halogens is 1. The number of benzene rings is 1. The third-order valence-electron chi connectivity index (χ3n) is 5.86. The second-order valence-electron chi connectivity index (χ2n) is 9.79. The SMILES string of the molecule is COc1ccc(Cl)cc1NC(=O)CN(C)C(=O)c1cc(C2CC2)nc2c1c(C)nn2C(C)(C)C. The van der Waals surface area contributed by atoms with Gasteiger partial charge in [0.15, 0.2) is 5.65 Å². The number of hydrogen-bond acceptors (Lipinski definition) is 5. The number of methoxy groups -OCH3 is 1. The van der Waals surface area contributed by atoms with Gasteiger partial charge in [0.25, 0.3) is 5.91 Å². The lowest BCUT2D eigenvalue weighted by molar-refractivity contribution is -0.116. The van der Waals surface area contributed by atoms with Crippen molar-refractivity contribution in [2.45, 2.75) is 52.0 Å². The summed E-state index contributed by atoms with van der Waals surface area (Å²) in [5, 5.41) is 8.69. The summed E-state index contributed by atoms with van der Waals surface area (Å²) in [6.45, 7) is 7.94. The van der Waals surface area contributed by atoms with Crippen molar-refractivity contribution >= 4 is 40.1 Å². The normalized spacial score (nSPS) is 13.7. The molecule has 0 bridgehead atoms. The Hall–Kier alpha value is -3.13. The Morgan fingerprint density at radius 3 is 2.59 bits per heavy atom. The number of aryl methyl sites for hydroxylation is 1. The van der Waals surface area contributed by atoms with Gasteiger partial charge >= 0.3 is 0 Å². The van der Waals surface area contributed by atoms with Gasteiger partial charge in [-0.15, -0.1) is 0 Å². The van der Waals surface area contributed by atoms with Crippen LogP contribution in [-0.2, 0) is 10.3 Å². The highest BCUT2D eigenvalue weighted by atomic mass is 35.5. The van der Waals surface area contributed by atoms with Crippen LogP contribution in [0.5, 0.6) is 5.75 Å². The molecule has 1 aliphatic carbocycles. The predicted molar refractivity (Wildman–Crippen MR) is 133 cm³/mol. The van der Waals surface area contributed by atoms with Crippen LogP contribution in [0.1, 0.15) is 61.3 Å². The van der Waals surface area contributed by atoms with Crippen molar-refractivity contribution in [2.24, 2.45) is 0 Å². The second-order valence-corrected chi connectivity index (χ2v) is 10.2. The largest absolute Gasteiger partial charge is 0.495 e. The number of pyridine rings is 1. The van der Waals surface area contributed by atoms with Crippen molar-refractivity contribution in [3.8, 4) is 5.75 Å². The molecule has 2 aromatic heterocycles. The van der Waals surface area contributed by atoms with E-state index in [2.05, 4.69) is 26.1 Å². The van der Waals surface area contributed by atoms with Crippen molar-refractivity contribution in [1.82, 2.24) is 19.7 Å². The summed E-state index contributed by atoms with van der Waals surface area (Å²) >= 11 is 6.06. The summed E-state index contributed by atoms with van der Waals surface area (Å²) in [5.74, 6) is 0.246. The summed E-state index contributed by atoms with van der Waals surface area (Å²) in [6, 6.07) is 6.84. The highest BCUT2D eigenvalue weighted by Gasteiger charge is 2.31. The molecule has 2 heterocycles. The fraction of sp³-hybridized carbons (Fsp3) is 0.440. The van der Waals surface area contributed by atoms with Crippen LogP contribution in [0.15, 0.2) is 24.3 Å². The van der Waals surface area contributed by atoms with Gasteiger partial charge in [0.2, 0.25) is 5.91 Å². The summed E-state index contributed by atoms with van der Waals surface area (Å²) in [5.41, 5.74) is 3.04. The van der Waals surface area contributed by atoms with Crippen LogP contribution in [0.4, 0.5) is 5.69 Å². The van der Waals surface area contributed by atoms with Crippen LogP contribution in [0.25, 0.3) is 11.0 Å². The first kappa shape index (κ1) is 24.0. The average Bonchev–Trinajstić information content (AvgIpc) is 3.55. The maximum Gasteiger partial charge on any atom is 0.254 e. The highest BCUT2D eigenvalue weighted by molar-refractivity contribution is 6.31. The van der Waals surface area contributed by atoms with Crippen molar-refractivity contribution in [3.63, 3.8) is 0 Å². The summed E-state index contributed by atoms with van der Waals surface area (Å²) < 4.78 is 7.17. The second kappa shape index (κ2) is 8.91. The van der Waals surface area contributed by atoms with Crippen LogP contribution >= 0.6 is 11.6 Å². The topological polar surface area (TPSA) is 89.3 Å². The van der Waals surface area contributed by atoms with Gasteiger partial charge in [0.1, 0.15) is 5.75 Å². The van der Waals surface area contributed by atoms with Crippen molar-refractivity contribution in [1.29, 1.82) is 0 Å². The Morgan fingerprint density at radius 1 is 1.26 bits per heavy atom. The fourth-order valence-electron chi connectivity index (χ4n) is 3.99. The fourth-order valence-corrected chi connectivity index (χ4v) is 4.17. The Bertz CT molecular complexity index is 1270. The Labute approximate surface area is 204 Å². The minimum Gasteiger partial charge on any atom is -0.495 e. The number of anilines is 1. The number of rotatable bonds is 6. The minimum atomic E-state index is -0.355. The first-order valence-electron chi connectivity index (χ1n) is 11.3. The van der Waals surface area contributed by atoms with Crippen LogP contribution in [0, 0.1) is 6.92 Å². The molecule has 180 valence electrons. The summed E-state index contributed by atoms with van der Waals surface area (Å²) in [6.07, 6.45) is 2.13. The maximum absolute atomic E-state index is 13.6. The van der Waals surface area contributed by atoms with Crippen LogP contribution in [-0.4, -0.2) is 52.2 Å². The molecule has 2 amide bonds. The van der Waals surface area contributed by atoms with Gasteiger partial charge in [-0.3, -0.25) is 9.59 Å². The highest BCUT2D eigenvalue weighted by Crippen LogP contribution is 2.41. The molecule has 0 unspecified atom stereocenters. The molecule has 1 aromatic carbocycles. The number of likely N-dealkylation sites (N-methyl/N-ethyl adjacent to an activating group) is 1. The van der Waals surface area contributed by atoms with Crippen LogP contribution < -0.4 is 10.1 Å². The average molecular weight is 484 g/mol. The Kier molecular flexibility index (Phi) is 6.29. The lowest BCUT2D eigenvalue weighted by atomic mass is 10.1. The van der Waals surface area contributed by atoms with Gasteiger partial charge in [0, 0.05) is 23.7 Å². The number of carbonyl (C=O) groups is 2. The van der Waals surface area contributed by atoms with E-state index < -0.39 is 0 Å². The summed E-state index contributed by atoms with van der Waals surface area (Å²) in [7, 11) is 3.13. The number of nitrogens with one attached hydrogen (secondary N) is 1. The monoisotopic (exact) mass is 483 g/mol. The van der Waals surface area contributed by atoms with E-state index in [4.69, 9.17) is 26.4 Å². The third kappa shape index (κ3) is 4.73. The van der Waals surface area contributed by atoms with Crippen molar-refractivity contribution in [2.75, 3.05) is 26.0 Å². The Balaban J connectivity index is 1.64. The molecular formula is C25H30ClN5O3. The quantitative estimate of drug-likeness (QED) is 0.546. The van der Waals surface area contributed by atoms with Crippen LogP contribution in [0.3, 0.4) is 0 Å². The van der Waals surface area contributed by atoms with E-state index in [1.807, 2.05) is 17.7 Å². The number of carbonyl (C=O) groups excluding carboxylic acids is 2. The van der Waals surface area contributed by atoms with E-state index in [-0.39, 0.29) is 23.9 Å². The molecule has 34 heavy (non-hydrogen) atoms. The molecule has 1 saturated carbocycles. The van der Waals surface area contributed by atoms with Crippen molar-refractivity contribution in [3.05, 3.63) is 46.2 Å². The molecule has 9 heteroatoms. The zero-order chi connectivity index (χ0) is 24.8. The molecule has 0 radical (unpaired) electrons. The van der Waals surface area contributed by atoms with Gasteiger partial charge in [0.05, 0.1) is 41.5 Å². The Morgan fingerprint density at radius 2 is 1.97 bits per heavy atom. The van der Waals surface area contributed by atoms with Gasteiger partial charge < -0.3 is 15.0 Å². The molecule has 0 atom stereocenters. The number of nitrogens with zero attached hydrogens (tertiary/aromatic N) is 4.